The summed E-state index contributed by atoms with van der Waals surface area (Å²) in [5.74, 6) is 0. The van der Waals surface area contributed by atoms with Crippen molar-refractivity contribution in [3.63, 3.8) is 0 Å². The lowest BCUT2D eigenvalue weighted by atomic mass is 10.1. The molecule has 0 saturated heterocycles. The molecule has 4 heteroatoms. The van der Waals surface area contributed by atoms with E-state index in [2.05, 4.69) is 11.9 Å². The molecule has 0 saturated carbocycles. The van der Waals surface area contributed by atoms with E-state index in [-0.39, 0.29) is 6.10 Å². The summed E-state index contributed by atoms with van der Waals surface area (Å²) in [6.45, 7) is 6.57. The Bertz CT molecular complexity index is 418. The van der Waals surface area contributed by atoms with E-state index < -0.39 is 0 Å². The first-order valence-corrected chi connectivity index (χ1v) is 5.78. The molecule has 1 atom stereocenters. The first kappa shape index (κ1) is 14.3. The van der Waals surface area contributed by atoms with Crippen LogP contribution in [0.2, 0.25) is 0 Å². The predicted molar refractivity (Wildman–Crippen MR) is 73.3 cm³/mol. The average Bonchev–Trinajstić information content (AvgIpc) is 2.36. The van der Waals surface area contributed by atoms with Crippen molar-refractivity contribution in [3.8, 4) is 0 Å². The van der Waals surface area contributed by atoms with Gasteiger partial charge in [-0.15, -0.1) is 0 Å². The molecule has 98 valence electrons. The van der Waals surface area contributed by atoms with Gasteiger partial charge in [0.1, 0.15) is 0 Å². The first-order valence-electron chi connectivity index (χ1n) is 5.78. The molecule has 0 aliphatic rings. The van der Waals surface area contributed by atoms with Gasteiger partial charge in [-0.25, -0.2) is 0 Å². The van der Waals surface area contributed by atoms with E-state index in [1.54, 1.807) is 7.11 Å². The Labute approximate surface area is 108 Å². The Balaban J connectivity index is 2.84. The minimum absolute atomic E-state index is 0.0555. The number of benzene rings is 1. The minimum Gasteiger partial charge on any atom is -0.376 e. The molecular formula is C14H20N2O2. The average molecular weight is 248 g/mol. The quantitative estimate of drug-likeness (QED) is 0.753. The van der Waals surface area contributed by atoms with E-state index in [4.69, 9.17) is 4.74 Å². The van der Waals surface area contributed by atoms with Gasteiger partial charge in [-0.3, -0.25) is 4.79 Å². The molecule has 0 aromatic heterocycles. The highest BCUT2D eigenvalue weighted by atomic mass is 16.5. The largest absolute Gasteiger partial charge is 0.376 e. The molecule has 0 fully saturated rings. The Hall–Kier alpha value is -1.81. The number of methoxy groups -OCH3 is 1. The van der Waals surface area contributed by atoms with Crippen LogP contribution in [0.3, 0.4) is 0 Å². The van der Waals surface area contributed by atoms with Crippen LogP contribution in [-0.2, 0) is 9.53 Å². The molecule has 0 aliphatic carbocycles. The van der Waals surface area contributed by atoms with Crippen LogP contribution in [-0.4, -0.2) is 32.0 Å². The van der Waals surface area contributed by atoms with Crippen molar-refractivity contribution in [3.05, 3.63) is 42.1 Å². The molecule has 0 radical (unpaired) electrons. The lowest BCUT2D eigenvalue weighted by Crippen LogP contribution is -2.23. The summed E-state index contributed by atoms with van der Waals surface area (Å²) < 4.78 is 5.49. The number of carbonyl (C=O) groups excluding carboxylic acids is 1. The molecule has 0 heterocycles. The molecule has 1 N–H and O–H groups in total. The molecule has 0 spiro atoms. The normalized spacial score (nSPS) is 11.7. The van der Waals surface area contributed by atoms with Gasteiger partial charge in [-0.2, -0.15) is 0 Å². The van der Waals surface area contributed by atoms with Gasteiger partial charge in [-0.05, 0) is 24.6 Å². The molecule has 1 aromatic rings. The molecule has 1 amide bonds. The van der Waals surface area contributed by atoms with Gasteiger partial charge in [0.15, 0.2) is 0 Å². The van der Waals surface area contributed by atoms with Crippen LogP contribution in [0.15, 0.2) is 36.5 Å². The van der Waals surface area contributed by atoms with Crippen LogP contribution >= 0.6 is 0 Å². The van der Waals surface area contributed by atoms with Gasteiger partial charge in [0.25, 0.3) is 0 Å². The topological polar surface area (TPSA) is 41.6 Å². The summed E-state index contributed by atoms with van der Waals surface area (Å²) in [5, 5.41) is 2.64. The number of hydrogen-bond donors (Lipinski definition) is 1. The van der Waals surface area contributed by atoms with E-state index in [0.29, 0.717) is 6.41 Å². The second-order valence-corrected chi connectivity index (χ2v) is 4.23. The fourth-order valence-corrected chi connectivity index (χ4v) is 1.62. The van der Waals surface area contributed by atoms with E-state index >= 15 is 0 Å². The standard InChI is InChI=1S/C14H20N2O2/c1-11(2)16(3)9-14(18-4)12-6-5-7-13(8-12)15-10-17/h5-8,10,14H,1,9H2,2-4H3,(H,15,17). The molecule has 1 unspecified atom stereocenters. The molecule has 1 aromatic carbocycles. The number of carbonyl (C=O) groups is 1. The van der Waals surface area contributed by atoms with Crippen molar-refractivity contribution < 1.29 is 9.53 Å². The number of rotatable bonds is 7. The summed E-state index contributed by atoms with van der Waals surface area (Å²) in [6.07, 6.45) is 0.612. The van der Waals surface area contributed by atoms with Gasteiger partial charge < -0.3 is 15.0 Å². The van der Waals surface area contributed by atoms with Crippen molar-refractivity contribution in [2.45, 2.75) is 13.0 Å². The minimum atomic E-state index is -0.0555. The van der Waals surface area contributed by atoms with E-state index in [1.165, 1.54) is 0 Å². The number of anilines is 1. The van der Waals surface area contributed by atoms with Crippen LogP contribution in [0.4, 0.5) is 5.69 Å². The van der Waals surface area contributed by atoms with Gasteiger partial charge in [0.05, 0.1) is 6.10 Å². The fourth-order valence-electron chi connectivity index (χ4n) is 1.62. The van der Waals surface area contributed by atoms with Crippen molar-refractivity contribution in [2.75, 3.05) is 26.0 Å². The summed E-state index contributed by atoms with van der Waals surface area (Å²) in [6, 6.07) is 7.63. The molecule has 0 aliphatic heterocycles. The molecule has 0 bridgehead atoms. The Morgan fingerprint density at radius 1 is 1.61 bits per heavy atom. The highest BCUT2D eigenvalue weighted by Gasteiger charge is 2.13. The van der Waals surface area contributed by atoms with Gasteiger partial charge in [0.2, 0.25) is 6.41 Å². The summed E-state index contributed by atoms with van der Waals surface area (Å²) in [7, 11) is 3.65. The molecular weight excluding hydrogens is 228 g/mol. The molecule has 18 heavy (non-hydrogen) atoms. The van der Waals surface area contributed by atoms with E-state index in [0.717, 1.165) is 23.5 Å². The number of allylic oxidation sites excluding steroid dienone is 1. The lowest BCUT2D eigenvalue weighted by Gasteiger charge is -2.25. The monoisotopic (exact) mass is 248 g/mol. The third kappa shape index (κ3) is 3.89. The highest BCUT2D eigenvalue weighted by Crippen LogP contribution is 2.21. The zero-order valence-electron chi connectivity index (χ0n) is 11.1. The zero-order valence-corrected chi connectivity index (χ0v) is 11.1. The lowest BCUT2D eigenvalue weighted by molar-refractivity contribution is -0.105. The predicted octanol–water partition coefficient (Wildman–Crippen LogP) is 2.41. The number of likely N-dealkylation sites (N-methyl/N-ethyl adjacent to an activating group) is 1. The smallest absolute Gasteiger partial charge is 0.211 e. The number of nitrogens with one attached hydrogen (secondary N) is 1. The first-order chi connectivity index (χ1) is 8.58. The number of hydrogen-bond acceptors (Lipinski definition) is 3. The van der Waals surface area contributed by atoms with Crippen molar-refractivity contribution in [1.82, 2.24) is 4.90 Å². The van der Waals surface area contributed by atoms with Crippen LogP contribution < -0.4 is 5.32 Å². The third-order valence-electron chi connectivity index (χ3n) is 2.86. The van der Waals surface area contributed by atoms with E-state index in [1.807, 2.05) is 43.1 Å². The maximum atomic E-state index is 10.4. The van der Waals surface area contributed by atoms with Crippen molar-refractivity contribution in [1.29, 1.82) is 0 Å². The van der Waals surface area contributed by atoms with Crippen LogP contribution in [0.5, 0.6) is 0 Å². The maximum absolute atomic E-state index is 10.4. The Kier molecular flexibility index (Phi) is 5.39. The summed E-state index contributed by atoms with van der Waals surface area (Å²) in [4.78, 5) is 12.5. The Morgan fingerprint density at radius 2 is 2.33 bits per heavy atom. The summed E-state index contributed by atoms with van der Waals surface area (Å²) in [5.41, 5.74) is 2.78. The maximum Gasteiger partial charge on any atom is 0.211 e. The van der Waals surface area contributed by atoms with Gasteiger partial charge in [-0.1, -0.05) is 18.7 Å². The van der Waals surface area contributed by atoms with Crippen molar-refractivity contribution >= 4 is 12.1 Å². The van der Waals surface area contributed by atoms with Crippen LogP contribution in [0.1, 0.15) is 18.6 Å². The SMILES string of the molecule is C=C(C)N(C)CC(OC)c1cccc(NC=O)c1. The van der Waals surface area contributed by atoms with Crippen molar-refractivity contribution in [2.24, 2.45) is 0 Å². The Morgan fingerprint density at radius 3 is 2.89 bits per heavy atom. The van der Waals surface area contributed by atoms with E-state index in [9.17, 15) is 4.79 Å². The second-order valence-electron chi connectivity index (χ2n) is 4.23. The zero-order chi connectivity index (χ0) is 13.5. The van der Waals surface area contributed by atoms with Gasteiger partial charge >= 0.3 is 0 Å². The number of nitrogens with zero attached hydrogens (tertiary/aromatic N) is 1. The third-order valence-corrected chi connectivity index (χ3v) is 2.86. The highest BCUT2D eigenvalue weighted by molar-refractivity contribution is 5.71. The van der Waals surface area contributed by atoms with Gasteiger partial charge in [0, 0.05) is 32.1 Å². The molecule has 4 nitrogen and oxygen atoms in total. The fraction of sp³-hybridized carbons (Fsp3) is 0.357. The summed E-state index contributed by atoms with van der Waals surface area (Å²) >= 11 is 0. The van der Waals surface area contributed by atoms with Crippen LogP contribution in [0, 0.1) is 0 Å². The number of ether oxygens (including phenoxy) is 1. The van der Waals surface area contributed by atoms with Crippen LogP contribution in [0.25, 0.3) is 0 Å². The second kappa shape index (κ2) is 6.81. The molecule has 1 rings (SSSR count). The number of amides is 1.